The fourth-order valence-electron chi connectivity index (χ4n) is 0.644. The molecule has 56 valence electrons. The third-order valence-corrected chi connectivity index (χ3v) is 1.23. The van der Waals surface area contributed by atoms with Crippen LogP contribution in [0.15, 0.2) is 29.3 Å². The zero-order valence-electron chi connectivity index (χ0n) is 5.70. The van der Waals surface area contributed by atoms with Crippen LogP contribution >= 0.6 is 12.2 Å². The van der Waals surface area contributed by atoms with Crippen molar-refractivity contribution in [3.05, 3.63) is 30.1 Å². The summed E-state index contributed by atoms with van der Waals surface area (Å²) < 4.78 is 12.3. The minimum absolute atomic E-state index is 0.258. The van der Waals surface area contributed by atoms with Gasteiger partial charge in [0.25, 0.3) is 0 Å². The Hall–Kier alpha value is -1.09. The number of rotatable bonds is 2. The second kappa shape index (κ2) is 3.93. The molecule has 0 aliphatic carbocycles. The van der Waals surface area contributed by atoms with Crippen LogP contribution in [-0.4, -0.2) is 11.6 Å². The van der Waals surface area contributed by atoms with Crippen molar-refractivity contribution in [3.63, 3.8) is 0 Å². The van der Waals surface area contributed by atoms with E-state index in [9.17, 15) is 4.39 Å². The Morgan fingerprint density at radius 2 is 1.91 bits per heavy atom. The van der Waals surface area contributed by atoms with Crippen LogP contribution < -0.4 is 0 Å². The SMILES string of the molecule is Fc1ccc(N=CC=S)cc1. The molecule has 1 nitrogen and oxygen atoms in total. The molecule has 0 aromatic heterocycles. The third kappa shape index (κ3) is 2.55. The van der Waals surface area contributed by atoms with Crippen molar-refractivity contribution >= 4 is 29.5 Å². The largest absolute Gasteiger partial charge is 0.256 e. The van der Waals surface area contributed by atoms with Gasteiger partial charge in [-0.2, -0.15) is 0 Å². The lowest BCUT2D eigenvalue weighted by Gasteiger charge is -1.89. The molecule has 0 N–H and O–H groups in total. The highest BCUT2D eigenvalue weighted by molar-refractivity contribution is 7.80. The summed E-state index contributed by atoms with van der Waals surface area (Å²) in [4.78, 5) is 3.91. The lowest BCUT2D eigenvalue weighted by Crippen LogP contribution is -1.72. The molecule has 1 rings (SSSR count). The minimum Gasteiger partial charge on any atom is -0.256 e. The fourth-order valence-corrected chi connectivity index (χ4v) is 0.705. The lowest BCUT2D eigenvalue weighted by molar-refractivity contribution is 0.628. The molecule has 11 heavy (non-hydrogen) atoms. The Kier molecular flexibility index (Phi) is 2.86. The number of nitrogens with zero attached hydrogens (tertiary/aromatic N) is 1. The first kappa shape index (κ1) is 8.01. The molecule has 0 spiro atoms. The lowest BCUT2D eigenvalue weighted by atomic mass is 10.3. The Labute approximate surface area is 69.6 Å². The minimum atomic E-state index is -0.258. The Balaban J connectivity index is 2.81. The molecule has 3 heteroatoms. The zero-order chi connectivity index (χ0) is 8.10. The van der Waals surface area contributed by atoms with Crippen molar-refractivity contribution in [3.8, 4) is 0 Å². The fraction of sp³-hybridized carbons (Fsp3) is 0. The van der Waals surface area contributed by atoms with Gasteiger partial charge in [-0.3, -0.25) is 4.99 Å². The summed E-state index contributed by atoms with van der Waals surface area (Å²) in [7, 11) is 0. The summed E-state index contributed by atoms with van der Waals surface area (Å²) in [6.45, 7) is 0. The molecule has 0 amide bonds. The predicted octanol–water partition coefficient (Wildman–Crippen LogP) is 2.53. The molecule has 0 fully saturated rings. The van der Waals surface area contributed by atoms with Gasteiger partial charge in [-0.25, -0.2) is 4.39 Å². The zero-order valence-corrected chi connectivity index (χ0v) is 6.51. The summed E-state index contributed by atoms with van der Waals surface area (Å²) in [5.74, 6) is -0.258. The second-order valence-electron chi connectivity index (χ2n) is 1.89. The molecule has 0 saturated heterocycles. The standard InChI is InChI=1S/C8H6FNS/c9-7-1-3-8(4-2-7)10-5-6-11/h1-6H. The number of aliphatic imine (C=N–C) groups is 1. The van der Waals surface area contributed by atoms with Crippen molar-refractivity contribution in [1.29, 1.82) is 0 Å². The summed E-state index contributed by atoms with van der Waals surface area (Å²) in [5.41, 5.74) is 0.701. The van der Waals surface area contributed by atoms with E-state index in [1.807, 2.05) is 0 Å². The van der Waals surface area contributed by atoms with Crippen LogP contribution in [0.5, 0.6) is 0 Å². The van der Waals surface area contributed by atoms with Crippen molar-refractivity contribution in [1.82, 2.24) is 0 Å². The molecule has 1 aromatic carbocycles. The maximum absolute atomic E-state index is 12.3. The van der Waals surface area contributed by atoms with Gasteiger partial charge in [-0.1, -0.05) is 12.2 Å². The van der Waals surface area contributed by atoms with E-state index in [2.05, 4.69) is 17.2 Å². The molecular weight excluding hydrogens is 161 g/mol. The van der Waals surface area contributed by atoms with Crippen LogP contribution in [0.4, 0.5) is 10.1 Å². The van der Waals surface area contributed by atoms with E-state index >= 15 is 0 Å². The Morgan fingerprint density at radius 3 is 2.45 bits per heavy atom. The van der Waals surface area contributed by atoms with Gasteiger partial charge in [-0.05, 0) is 24.3 Å². The number of benzene rings is 1. The highest BCUT2D eigenvalue weighted by Crippen LogP contribution is 2.10. The molecule has 0 aliphatic heterocycles. The first-order valence-electron chi connectivity index (χ1n) is 3.06. The van der Waals surface area contributed by atoms with Gasteiger partial charge in [0.15, 0.2) is 0 Å². The van der Waals surface area contributed by atoms with Crippen LogP contribution in [0.25, 0.3) is 0 Å². The number of thiocarbonyl (C=S) groups is 1. The normalized spacial score (nSPS) is 10.3. The monoisotopic (exact) mass is 167 g/mol. The summed E-state index contributed by atoms with van der Waals surface area (Å²) in [6.07, 6.45) is 1.49. The summed E-state index contributed by atoms with van der Waals surface area (Å²) in [6, 6.07) is 5.89. The van der Waals surface area contributed by atoms with Gasteiger partial charge < -0.3 is 0 Å². The van der Waals surface area contributed by atoms with Gasteiger partial charge >= 0.3 is 0 Å². The first-order valence-corrected chi connectivity index (χ1v) is 3.53. The number of hydrogen-bond donors (Lipinski definition) is 0. The van der Waals surface area contributed by atoms with E-state index in [0.29, 0.717) is 5.69 Å². The van der Waals surface area contributed by atoms with E-state index in [1.54, 1.807) is 12.1 Å². The van der Waals surface area contributed by atoms with Gasteiger partial charge in [-0.15, -0.1) is 0 Å². The van der Waals surface area contributed by atoms with Gasteiger partial charge in [0.1, 0.15) is 5.82 Å². The maximum Gasteiger partial charge on any atom is 0.123 e. The van der Waals surface area contributed by atoms with Crippen LogP contribution in [0.2, 0.25) is 0 Å². The van der Waals surface area contributed by atoms with Crippen LogP contribution in [0, 0.1) is 5.82 Å². The molecule has 0 atom stereocenters. The average molecular weight is 167 g/mol. The summed E-state index contributed by atoms with van der Waals surface area (Å²) >= 11 is 4.53. The molecule has 0 radical (unpaired) electrons. The van der Waals surface area contributed by atoms with Gasteiger partial charge in [0, 0.05) is 11.6 Å². The van der Waals surface area contributed by atoms with Crippen molar-refractivity contribution < 1.29 is 4.39 Å². The number of halogens is 1. The van der Waals surface area contributed by atoms with Crippen molar-refractivity contribution in [2.24, 2.45) is 4.99 Å². The highest BCUT2D eigenvalue weighted by Gasteiger charge is 1.87. The van der Waals surface area contributed by atoms with Crippen molar-refractivity contribution in [2.45, 2.75) is 0 Å². The van der Waals surface area contributed by atoms with Gasteiger partial charge in [0.05, 0.1) is 5.69 Å². The molecular formula is C8H6FNS. The molecule has 0 saturated carbocycles. The number of hydrogen-bond acceptors (Lipinski definition) is 2. The van der Waals surface area contributed by atoms with Gasteiger partial charge in [0.2, 0.25) is 0 Å². The molecule has 0 heterocycles. The van der Waals surface area contributed by atoms with E-state index in [0.717, 1.165) is 0 Å². The molecule has 1 aromatic rings. The van der Waals surface area contributed by atoms with Crippen molar-refractivity contribution in [2.75, 3.05) is 0 Å². The highest BCUT2D eigenvalue weighted by atomic mass is 32.1. The van der Waals surface area contributed by atoms with E-state index in [1.165, 1.54) is 23.7 Å². The quantitative estimate of drug-likeness (QED) is 0.487. The maximum atomic E-state index is 12.3. The smallest absolute Gasteiger partial charge is 0.123 e. The van der Waals surface area contributed by atoms with E-state index in [-0.39, 0.29) is 5.82 Å². The Morgan fingerprint density at radius 1 is 1.27 bits per heavy atom. The summed E-state index contributed by atoms with van der Waals surface area (Å²) in [5, 5.41) is 1.41. The van der Waals surface area contributed by atoms with Crippen LogP contribution in [-0.2, 0) is 0 Å². The topological polar surface area (TPSA) is 12.4 Å². The second-order valence-corrected chi connectivity index (χ2v) is 2.16. The van der Waals surface area contributed by atoms with E-state index in [4.69, 9.17) is 0 Å². The van der Waals surface area contributed by atoms with E-state index < -0.39 is 0 Å². The molecule has 0 unspecified atom stereocenters. The predicted molar refractivity (Wildman–Crippen MR) is 48.2 cm³/mol. The Bertz CT molecular complexity index is 266. The van der Waals surface area contributed by atoms with Crippen LogP contribution in [0.1, 0.15) is 0 Å². The average Bonchev–Trinajstić information content (AvgIpc) is 2.04. The van der Waals surface area contributed by atoms with Crippen LogP contribution in [0.3, 0.4) is 0 Å². The molecule has 0 bridgehead atoms. The third-order valence-electron chi connectivity index (χ3n) is 1.11. The molecule has 0 aliphatic rings. The first-order chi connectivity index (χ1) is 5.33.